The van der Waals surface area contributed by atoms with Crippen molar-refractivity contribution in [2.75, 3.05) is 6.61 Å². The van der Waals surface area contributed by atoms with E-state index in [-0.39, 0.29) is 22.5 Å². The third-order valence-corrected chi connectivity index (χ3v) is 23.9. The van der Waals surface area contributed by atoms with E-state index in [2.05, 4.69) is 4.26 Å². The van der Waals surface area contributed by atoms with E-state index in [1.165, 1.54) is 34.0 Å². The van der Waals surface area contributed by atoms with Crippen molar-refractivity contribution in [3.05, 3.63) is 6.08 Å². The number of halogens is 2. The van der Waals surface area contributed by atoms with E-state index in [4.69, 9.17) is 24.5 Å². The molecule has 0 atom stereocenters. The predicted molar refractivity (Wildman–Crippen MR) is 215 cm³/mol. The summed E-state index contributed by atoms with van der Waals surface area (Å²) in [6, 6.07) is 0. The minimum absolute atomic E-state index is 0.0465. The maximum atomic E-state index is 8.33. The molecule has 6 heteroatoms. The van der Waals surface area contributed by atoms with Gasteiger partial charge in [0.2, 0.25) is 0 Å². The fourth-order valence-electron chi connectivity index (χ4n) is 10.9. The number of unbranched alkanes of at least 4 members (excludes halogenated alkanes) is 1. The standard InChI is InChI=1S/2C18H33P.C5H8O.2ClH.Ru/c2*1-4-10-16(11-5-1)19(17-12-6-2-7-13-17)18-14-8-3-9-15-18;1-2-3-4-5-6;;;/h2*16-18H,1-15H2;2,6H,3-5H2;2*1H;/q;;;;;+2. The van der Waals surface area contributed by atoms with Crippen LogP contribution in [-0.2, 0) is 13.5 Å². The van der Waals surface area contributed by atoms with Gasteiger partial charge in [-0.05, 0) is 154 Å². The average molecular weight is 819 g/mol. The van der Waals surface area contributed by atoms with E-state index in [1.807, 2.05) is 0 Å². The van der Waals surface area contributed by atoms with Crippen molar-refractivity contribution in [3.63, 3.8) is 0 Å². The Morgan fingerprint density at radius 1 is 0.447 bits per heavy atom. The first-order valence-electron chi connectivity index (χ1n) is 21.1. The summed E-state index contributed by atoms with van der Waals surface area (Å²) in [5.41, 5.74) is 7.36. The molecule has 276 valence electrons. The van der Waals surface area contributed by atoms with E-state index < -0.39 is 13.5 Å². The van der Waals surface area contributed by atoms with Gasteiger partial charge in [-0.1, -0.05) is 38.5 Å². The fourth-order valence-corrected chi connectivity index (χ4v) is 22.5. The summed E-state index contributed by atoms with van der Waals surface area (Å²) >= 11 is -1.69. The summed E-state index contributed by atoms with van der Waals surface area (Å²) < 4.78 is 2.82. The second-order valence-corrected chi connectivity index (χ2v) is 28.6. The molecule has 6 aliphatic rings. The predicted octanol–water partition coefficient (Wildman–Crippen LogP) is 14.0. The number of aliphatic hydroxyl groups is 1. The Bertz CT molecular complexity index is 702. The van der Waals surface area contributed by atoms with Gasteiger partial charge in [0.25, 0.3) is 0 Å². The molecule has 6 fully saturated rings. The van der Waals surface area contributed by atoms with Crippen LogP contribution in [0.15, 0.2) is 6.08 Å². The summed E-state index contributed by atoms with van der Waals surface area (Å²) in [7, 11) is 10.8. The van der Waals surface area contributed by atoms with Gasteiger partial charge in [0, 0.05) is 15.8 Å². The van der Waals surface area contributed by atoms with Gasteiger partial charge in [-0.2, -0.15) is 0 Å². The molecule has 0 unspecified atom stereocenters. The fraction of sp³-hybridized carbons (Fsp3) is 0.951. The van der Waals surface area contributed by atoms with Gasteiger partial charge in [-0.15, -0.1) is 0 Å². The second kappa shape index (κ2) is 25.6. The van der Waals surface area contributed by atoms with Crippen LogP contribution in [0, 0.1) is 0 Å². The van der Waals surface area contributed by atoms with E-state index in [9.17, 15) is 0 Å². The molecule has 0 bridgehead atoms. The monoisotopic (exact) mass is 818 g/mol. The Balaban J connectivity index is 0.000000171. The van der Waals surface area contributed by atoms with E-state index in [0.717, 1.165) is 12.8 Å². The van der Waals surface area contributed by atoms with Crippen molar-refractivity contribution in [1.29, 1.82) is 0 Å². The van der Waals surface area contributed by atoms with E-state index in [1.54, 1.807) is 199 Å². The van der Waals surface area contributed by atoms with Gasteiger partial charge in [-0.25, -0.2) is 0 Å². The topological polar surface area (TPSA) is 20.2 Å². The van der Waals surface area contributed by atoms with Gasteiger partial charge >= 0.3 is 67.8 Å². The first-order valence-corrected chi connectivity index (χ1v) is 29.9. The molecule has 0 spiro atoms. The summed E-state index contributed by atoms with van der Waals surface area (Å²) in [4.78, 5) is 0. The number of allylic oxidation sites excluding steroid dienone is 1. The Kier molecular flexibility index (Phi) is 22.6. The van der Waals surface area contributed by atoms with Crippen LogP contribution in [0.5, 0.6) is 0 Å². The van der Waals surface area contributed by atoms with Crippen LogP contribution in [-0.4, -0.2) is 49.9 Å². The zero-order valence-corrected chi connectivity index (χ0v) is 35.7. The second-order valence-electron chi connectivity index (χ2n) is 16.4. The quantitative estimate of drug-likeness (QED) is 0.140. The molecular formula is C41H76Cl2OP2Ru+2. The van der Waals surface area contributed by atoms with E-state index in [0.29, 0.717) is 0 Å². The Morgan fingerprint density at radius 2 is 0.681 bits per heavy atom. The van der Waals surface area contributed by atoms with Crippen LogP contribution in [0.2, 0.25) is 0 Å². The molecule has 1 N–H and O–H groups in total. The number of hydrogen-bond donors (Lipinski definition) is 1. The minimum atomic E-state index is -1.69. The van der Waals surface area contributed by atoms with Crippen LogP contribution in [0.25, 0.3) is 0 Å². The molecule has 47 heavy (non-hydrogen) atoms. The molecule has 6 aliphatic carbocycles. The van der Waals surface area contributed by atoms with Crippen LogP contribution in [0.3, 0.4) is 0 Å². The summed E-state index contributed by atoms with van der Waals surface area (Å²) in [6.45, 7) is 0.218. The maximum absolute atomic E-state index is 8.33. The molecule has 0 aromatic heterocycles. The van der Waals surface area contributed by atoms with Crippen molar-refractivity contribution in [2.45, 2.75) is 239 Å². The molecule has 6 rings (SSSR count). The van der Waals surface area contributed by atoms with Crippen molar-refractivity contribution < 1.29 is 18.6 Å². The summed E-state index contributed by atoms with van der Waals surface area (Å²) in [5.74, 6) is 0. The summed E-state index contributed by atoms with van der Waals surface area (Å²) in [5, 5.41) is 8.33. The number of rotatable bonds is 9. The first-order chi connectivity index (χ1) is 23.2. The zero-order chi connectivity index (χ0) is 32.9. The molecule has 0 amide bonds. The number of aliphatic hydroxyl groups excluding tert-OH is 1. The molecule has 1 nitrogen and oxygen atoms in total. The molecule has 0 aromatic rings. The van der Waals surface area contributed by atoms with Crippen LogP contribution < -0.4 is 0 Å². The van der Waals surface area contributed by atoms with Gasteiger partial charge in [0.15, 0.2) is 0 Å². The number of hydrogen-bond acceptors (Lipinski definition) is 1. The zero-order valence-electron chi connectivity index (χ0n) is 30.4. The third-order valence-electron chi connectivity index (χ3n) is 13.1. The van der Waals surface area contributed by atoms with Crippen molar-refractivity contribution in [3.8, 4) is 0 Å². The normalized spacial score (nSPS) is 25.3. The average Bonchev–Trinajstić information content (AvgIpc) is 3.14. The van der Waals surface area contributed by atoms with Crippen LogP contribution in [0.1, 0.15) is 205 Å². The van der Waals surface area contributed by atoms with Crippen molar-refractivity contribution >= 4 is 39.5 Å². The van der Waals surface area contributed by atoms with Gasteiger partial charge in [0.1, 0.15) is 0 Å². The van der Waals surface area contributed by atoms with Gasteiger partial charge in [0.05, 0.1) is 34.0 Å². The Labute approximate surface area is 308 Å². The van der Waals surface area contributed by atoms with Crippen LogP contribution >= 0.6 is 35.2 Å². The van der Waals surface area contributed by atoms with Crippen molar-refractivity contribution in [1.82, 2.24) is 0 Å². The first kappa shape index (κ1) is 41.4. The molecular weight excluding hydrogens is 742 g/mol. The molecule has 6 saturated carbocycles. The molecule has 0 radical (unpaired) electrons. The Hall–Kier alpha value is 1.67. The summed E-state index contributed by atoms with van der Waals surface area (Å²) in [6.07, 6.45) is 51.0. The molecule has 0 saturated heterocycles. The molecule has 0 aliphatic heterocycles. The van der Waals surface area contributed by atoms with Gasteiger partial charge in [-0.3, -0.25) is 0 Å². The van der Waals surface area contributed by atoms with Crippen LogP contribution in [0.4, 0.5) is 0 Å². The van der Waals surface area contributed by atoms with E-state index >= 15 is 0 Å². The van der Waals surface area contributed by atoms with Crippen molar-refractivity contribution in [2.24, 2.45) is 0 Å². The Morgan fingerprint density at radius 3 is 0.872 bits per heavy atom. The van der Waals surface area contributed by atoms with Gasteiger partial charge < -0.3 is 0 Å². The molecule has 0 heterocycles. The molecule has 0 aromatic carbocycles. The third kappa shape index (κ3) is 15.7. The SMILES string of the molecule is C1CCC([PH+](C2CCCCC2)C2CCCCC2)CC1.C1CCC([PH+](C2CCCCC2)C2CCCCC2)CC1.OCCCC=[C]=[Ru]([Cl])[Cl].